The van der Waals surface area contributed by atoms with Gasteiger partial charge in [0.1, 0.15) is 23.3 Å². The number of rotatable bonds is 4. The quantitative estimate of drug-likeness (QED) is 0.191. The molecule has 0 bridgehead atoms. The highest BCUT2D eigenvalue weighted by Gasteiger charge is 2.20. The largest absolute Gasteiger partial charge is 0.456 e. The first-order valence-electron chi connectivity index (χ1n) is 15.6. The third-order valence-electron chi connectivity index (χ3n) is 8.86. The normalized spacial score (nSPS) is 11.2. The molecule has 0 radical (unpaired) electrons. The first kappa shape index (κ1) is 28.0. The molecule has 9 rings (SSSR count). The number of nitrogens with zero attached hydrogens (tertiary/aromatic N) is 6. The second-order valence-corrected chi connectivity index (χ2v) is 11.8. The zero-order valence-corrected chi connectivity index (χ0v) is 25.8. The van der Waals surface area contributed by atoms with Gasteiger partial charge in [0.2, 0.25) is 0 Å². The zero-order chi connectivity index (χ0) is 32.9. The van der Waals surface area contributed by atoms with Gasteiger partial charge in [-0.05, 0) is 70.1 Å². The van der Waals surface area contributed by atoms with Crippen LogP contribution in [0.4, 0.5) is 0 Å². The van der Waals surface area contributed by atoms with Crippen molar-refractivity contribution in [3.8, 4) is 57.2 Å². The molecule has 0 atom stereocenters. The van der Waals surface area contributed by atoms with Gasteiger partial charge in [-0.15, -0.1) is 0 Å². The second kappa shape index (κ2) is 11.2. The molecule has 0 aliphatic carbocycles. The fourth-order valence-corrected chi connectivity index (χ4v) is 6.69. The van der Waals surface area contributed by atoms with Crippen molar-refractivity contribution < 1.29 is 4.42 Å². The summed E-state index contributed by atoms with van der Waals surface area (Å²) in [7, 11) is 0. The summed E-state index contributed by atoms with van der Waals surface area (Å²) in [6.45, 7) is 0. The zero-order valence-electron chi connectivity index (χ0n) is 25.8. The van der Waals surface area contributed by atoms with E-state index in [-0.39, 0.29) is 0 Å². The maximum atomic E-state index is 9.41. The van der Waals surface area contributed by atoms with Gasteiger partial charge in [0, 0.05) is 57.8 Å². The Labute approximate surface area is 280 Å². The van der Waals surface area contributed by atoms with E-state index in [2.05, 4.69) is 70.6 Å². The number of furan rings is 1. The summed E-state index contributed by atoms with van der Waals surface area (Å²) in [5.41, 5.74) is 8.98. The maximum absolute atomic E-state index is 9.41. The van der Waals surface area contributed by atoms with Crippen molar-refractivity contribution in [2.75, 3.05) is 0 Å². The van der Waals surface area contributed by atoms with E-state index in [1.807, 2.05) is 48.5 Å². The Morgan fingerprint density at radius 3 is 1.33 bits per heavy atom. The van der Waals surface area contributed by atoms with Crippen LogP contribution in [0.15, 0.2) is 138 Å². The predicted octanol–water partition coefficient (Wildman–Crippen LogP) is 9.88. The Kier molecular flexibility index (Phi) is 6.43. The molecule has 0 amide bonds. The Morgan fingerprint density at radius 1 is 0.449 bits per heavy atom. The molecule has 0 aliphatic rings. The fraction of sp³-hybridized carbons (Fsp3) is 0. The van der Waals surface area contributed by atoms with Crippen LogP contribution in [-0.2, 0) is 0 Å². The smallest absolute Gasteiger partial charge is 0.136 e. The molecule has 0 unspecified atom stereocenters. The van der Waals surface area contributed by atoms with Gasteiger partial charge >= 0.3 is 0 Å². The second-order valence-electron chi connectivity index (χ2n) is 11.8. The highest BCUT2D eigenvalue weighted by Crippen LogP contribution is 2.44. The SMILES string of the molecule is N#Cc1cncc(-c2cccc(-c3cc4oc5cc(-c6cccc(-c7cncc(C#N)c7)n6)c6ccccc6c5c4c4ccccc34)n2)c1. The first-order chi connectivity index (χ1) is 24.2. The van der Waals surface area contributed by atoms with E-state index in [9.17, 15) is 10.5 Å². The van der Waals surface area contributed by atoms with Crippen molar-refractivity contribution in [2.45, 2.75) is 0 Å². The van der Waals surface area contributed by atoms with Crippen LogP contribution in [0, 0.1) is 22.7 Å². The van der Waals surface area contributed by atoms with E-state index in [0.717, 1.165) is 88.5 Å². The lowest BCUT2D eigenvalue weighted by Crippen LogP contribution is -1.91. The van der Waals surface area contributed by atoms with Crippen LogP contribution in [0.25, 0.3) is 88.5 Å². The number of benzene rings is 4. The molecule has 0 aliphatic heterocycles. The lowest BCUT2D eigenvalue weighted by atomic mass is 9.93. The van der Waals surface area contributed by atoms with E-state index < -0.39 is 0 Å². The lowest BCUT2D eigenvalue weighted by Gasteiger charge is -2.11. The number of aromatic nitrogens is 4. The topological polar surface area (TPSA) is 112 Å². The van der Waals surface area contributed by atoms with Crippen LogP contribution in [0.1, 0.15) is 11.1 Å². The Hall–Kier alpha value is -7.22. The molecule has 5 heterocycles. The molecule has 0 saturated heterocycles. The van der Waals surface area contributed by atoms with Gasteiger partial charge in [-0.1, -0.05) is 60.7 Å². The van der Waals surface area contributed by atoms with Crippen molar-refractivity contribution in [3.05, 3.63) is 145 Å². The molecule has 4 aromatic carbocycles. The monoisotopic (exact) mass is 626 g/mol. The van der Waals surface area contributed by atoms with Gasteiger partial charge in [-0.25, -0.2) is 9.97 Å². The van der Waals surface area contributed by atoms with Crippen LogP contribution in [0.3, 0.4) is 0 Å². The molecule has 0 saturated carbocycles. The average molecular weight is 627 g/mol. The third-order valence-corrected chi connectivity index (χ3v) is 8.86. The van der Waals surface area contributed by atoms with Gasteiger partial charge in [0.05, 0.1) is 33.9 Å². The summed E-state index contributed by atoms with van der Waals surface area (Å²) in [5.74, 6) is 0. The van der Waals surface area contributed by atoms with Crippen molar-refractivity contribution in [3.63, 3.8) is 0 Å². The molecule has 226 valence electrons. The molecule has 0 N–H and O–H groups in total. The summed E-state index contributed by atoms with van der Waals surface area (Å²) >= 11 is 0. The standard InChI is InChI=1S/C42H22N6O/c43-19-25-15-27(23-45-21-25)35-11-5-13-37(47-35)33-17-39-41(31-9-3-1-7-29(31)33)42-32-10-4-2-8-30(32)34(18-40(42)49-39)38-14-6-12-36(48-38)28-16-26(20-44)22-46-24-28/h1-18,21-24H. The van der Waals surface area contributed by atoms with Gasteiger partial charge < -0.3 is 4.42 Å². The average Bonchev–Trinajstić information content (AvgIpc) is 3.56. The minimum atomic E-state index is 0.484. The van der Waals surface area contributed by atoms with E-state index in [1.165, 1.54) is 0 Å². The molecule has 7 nitrogen and oxygen atoms in total. The molecular formula is C42H22N6O. The van der Waals surface area contributed by atoms with E-state index in [0.29, 0.717) is 11.1 Å². The molecular weight excluding hydrogens is 605 g/mol. The van der Waals surface area contributed by atoms with Crippen LogP contribution in [0.2, 0.25) is 0 Å². The van der Waals surface area contributed by atoms with E-state index >= 15 is 0 Å². The molecule has 0 fully saturated rings. The van der Waals surface area contributed by atoms with Crippen LogP contribution in [0.5, 0.6) is 0 Å². The fourth-order valence-electron chi connectivity index (χ4n) is 6.69. The van der Waals surface area contributed by atoms with Gasteiger partial charge in [0.25, 0.3) is 0 Å². The molecule has 5 aromatic heterocycles. The van der Waals surface area contributed by atoms with E-state index in [4.69, 9.17) is 14.4 Å². The Bertz CT molecular complexity index is 2680. The summed E-state index contributed by atoms with van der Waals surface area (Å²) in [6, 6.07) is 40.6. The number of hydrogen-bond donors (Lipinski definition) is 0. The van der Waals surface area contributed by atoms with Crippen molar-refractivity contribution in [1.29, 1.82) is 10.5 Å². The summed E-state index contributed by atoms with van der Waals surface area (Å²) in [6.07, 6.45) is 6.54. The first-order valence-corrected chi connectivity index (χ1v) is 15.6. The van der Waals surface area contributed by atoms with Crippen molar-refractivity contribution in [1.82, 2.24) is 19.9 Å². The summed E-state index contributed by atoms with van der Waals surface area (Å²) < 4.78 is 6.74. The summed E-state index contributed by atoms with van der Waals surface area (Å²) in [5, 5.41) is 25.2. The molecule has 0 spiro atoms. The highest BCUT2D eigenvalue weighted by atomic mass is 16.3. The van der Waals surface area contributed by atoms with Crippen molar-refractivity contribution in [2.24, 2.45) is 0 Å². The van der Waals surface area contributed by atoms with Crippen molar-refractivity contribution >= 4 is 43.5 Å². The third kappa shape index (κ3) is 4.66. The van der Waals surface area contributed by atoms with Gasteiger partial charge in [0.15, 0.2) is 0 Å². The maximum Gasteiger partial charge on any atom is 0.136 e. The molecule has 7 heteroatoms. The van der Waals surface area contributed by atoms with Gasteiger partial charge in [-0.2, -0.15) is 10.5 Å². The number of fused-ring (bicyclic) bond motifs is 7. The number of hydrogen-bond acceptors (Lipinski definition) is 7. The predicted molar refractivity (Wildman–Crippen MR) is 191 cm³/mol. The summed E-state index contributed by atoms with van der Waals surface area (Å²) in [4.78, 5) is 18.5. The van der Waals surface area contributed by atoms with Crippen LogP contribution < -0.4 is 0 Å². The Morgan fingerprint density at radius 2 is 0.878 bits per heavy atom. The highest BCUT2D eigenvalue weighted by molar-refractivity contribution is 6.29. The van der Waals surface area contributed by atoms with Crippen LogP contribution >= 0.6 is 0 Å². The van der Waals surface area contributed by atoms with Crippen LogP contribution in [-0.4, -0.2) is 19.9 Å². The molecule has 49 heavy (non-hydrogen) atoms. The minimum Gasteiger partial charge on any atom is -0.456 e. The number of nitriles is 2. The molecule has 9 aromatic rings. The number of pyridine rings is 4. The lowest BCUT2D eigenvalue weighted by molar-refractivity contribution is 0.669. The van der Waals surface area contributed by atoms with Gasteiger partial charge in [-0.3, -0.25) is 9.97 Å². The Balaban J connectivity index is 1.27. The van der Waals surface area contributed by atoms with E-state index in [1.54, 1.807) is 36.9 Å². The minimum absolute atomic E-state index is 0.484.